The zero-order valence-corrected chi connectivity index (χ0v) is 13.6. The normalized spacial score (nSPS) is 12.3. The van der Waals surface area contributed by atoms with Gasteiger partial charge in [-0.25, -0.2) is 0 Å². The Morgan fingerprint density at radius 1 is 0.900 bits per heavy atom. The molecular weight excluding hydrogens is 250 g/mol. The van der Waals surface area contributed by atoms with E-state index in [2.05, 4.69) is 12.2 Å². The van der Waals surface area contributed by atoms with Gasteiger partial charge in [-0.2, -0.15) is 0 Å². The Hall–Kier alpha value is -0.570. The number of hydrogen-bond acceptors (Lipinski definition) is 2. The van der Waals surface area contributed by atoms with Crippen LogP contribution < -0.4 is 5.32 Å². The molecule has 3 nitrogen and oxygen atoms in total. The zero-order chi connectivity index (χ0) is 15.1. The topological polar surface area (TPSA) is 49.3 Å². The maximum absolute atomic E-state index is 11.1. The smallest absolute Gasteiger partial charge is 0.222 e. The van der Waals surface area contributed by atoms with Crippen LogP contribution in [0.15, 0.2) is 0 Å². The highest BCUT2D eigenvalue weighted by molar-refractivity contribution is 5.75. The average Bonchev–Trinajstić information content (AvgIpc) is 2.44. The van der Waals surface area contributed by atoms with Crippen LogP contribution in [0.5, 0.6) is 0 Å². The number of amides is 1. The lowest BCUT2D eigenvalue weighted by atomic mass is 10.0. The van der Waals surface area contributed by atoms with Gasteiger partial charge >= 0.3 is 0 Å². The second kappa shape index (κ2) is 14.8. The number of carbonyl (C=O) groups is 1. The van der Waals surface area contributed by atoms with Gasteiger partial charge in [0, 0.05) is 7.05 Å². The minimum atomic E-state index is -0.464. The van der Waals surface area contributed by atoms with Crippen LogP contribution in [0.2, 0.25) is 0 Å². The standard InChI is InChI=1S/C17H35NO2/c1-3-4-5-6-7-8-9-10-11-12-13-14-16(19)15-17(20)18-2/h16,19H,3-15H2,1-2H3,(H,18,20). The highest BCUT2D eigenvalue weighted by Crippen LogP contribution is 2.13. The molecule has 0 aromatic carbocycles. The first kappa shape index (κ1) is 19.4. The molecule has 0 bridgehead atoms. The van der Waals surface area contributed by atoms with Gasteiger partial charge in [-0.3, -0.25) is 4.79 Å². The van der Waals surface area contributed by atoms with Gasteiger partial charge < -0.3 is 10.4 Å². The SMILES string of the molecule is CCCCCCCCCCCCCC(O)CC(=O)NC. The highest BCUT2D eigenvalue weighted by Gasteiger charge is 2.08. The first-order chi connectivity index (χ1) is 9.70. The van der Waals surface area contributed by atoms with E-state index in [0.29, 0.717) is 0 Å². The summed E-state index contributed by atoms with van der Waals surface area (Å²) in [6.07, 6.45) is 15.0. The van der Waals surface area contributed by atoms with Gasteiger partial charge in [-0.05, 0) is 6.42 Å². The van der Waals surface area contributed by atoms with E-state index < -0.39 is 6.10 Å². The molecule has 0 saturated carbocycles. The first-order valence-electron chi connectivity index (χ1n) is 8.59. The summed E-state index contributed by atoms with van der Waals surface area (Å²) in [7, 11) is 1.61. The molecular formula is C17H35NO2. The largest absolute Gasteiger partial charge is 0.393 e. The quantitative estimate of drug-likeness (QED) is 0.470. The minimum Gasteiger partial charge on any atom is -0.393 e. The van der Waals surface area contributed by atoms with Crippen molar-refractivity contribution in [2.24, 2.45) is 0 Å². The van der Waals surface area contributed by atoms with Crippen LogP contribution in [0.25, 0.3) is 0 Å². The monoisotopic (exact) mass is 285 g/mol. The molecule has 0 aromatic heterocycles. The second-order valence-corrected chi connectivity index (χ2v) is 5.86. The average molecular weight is 285 g/mol. The predicted molar refractivity (Wildman–Crippen MR) is 85.8 cm³/mol. The van der Waals surface area contributed by atoms with Gasteiger partial charge in [0.15, 0.2) is 0 Å². The number of nitrogens with one attached hydrogen (secondary N) is 1. The Balaban J connectivity index is 3.14. The Morgan fingerprint density at radius 2 is 1.35 bits per heavy atom. The van der Waals surface area contributed by atoms with Gasteiger partial charge in [-0.1, -0.05) is 77.6 Å². The third kappa shape index (κ3) is 13.9. The molecule has 20 heavy (non-hydrogen) atoms. The summed E-state index contributed by atoms with van der Waals surface area (Å²) >= 11 is 0. The molecule has 2 N–H and O–H groups in total. The summed E-state index contributed by atoms with van der Waals surface area (Å²) in [5, 5.41) is 12.2. The van der Waals surface area contributed by atoms with E-state index in [1.807, 2.05) is 0 Å². The molecule has 1 unspecified atom stereocenters. The molecule has 0 spiro atoms. The molecule has 0 aromatic rings. The maximum Gasteiger partial charge on any atom is 0.222 e. The van der Waals surface area contributed by atoms with Crippen molar-refractivity contribution < 1.29 is 9.90 Å². The van der Waals surface area contributed by atoms with Crippen molar-refractivity contribution >= 4 is 5.91 Å². The second-order valence-electron chi connectivity index (χ2n) is 5.86. The summed E-state index contributed by atoms with van der Waals surface area (Å²) in [6.45, 7) is 2.26. The van der Waals surface area contributed by atoms with E-state index in [4.69, 9.17) is 0 Å². The van der Waals surface area contributed by atoms with Crippen LogP contribution in [0.3, 0.4) is 0 Å². The molecule has 1 atom stereocenters. The lowest BCUT2D eigenvalue weighted by Gasteiger charge is -2.09. The summed E-state index contributed by atoms with van der Waals surface area (Å²) in [5.41, 5.74) is 0. The van der Waals surface area contributed by atoms with Crippen molar-refractivity contribution in [1.82, 2.24) is 5.32 Å². The Bertz CT molecular complexity index is 219. The molecule has 1 amide bonds. The van der Waals surface area contributed by atoms with Crippen LogP contribution in [0, 0.1) is 0 Å². The van der Waals surface area contributed by atoms with Crippen LogP contribution in [-0.4, -0.2) is 24.2 Å². The fourth-order valence-corrected chi connectivity index (χ4v) is 2.46. The number of aliphatic hydroxyl groups excluding tert-OH is 1. The lowest BCUT2D eigenvalue weighted by molar-refractivity contribution is -0.122. The summed E-state index contributed by atoms with van der Waals surface area (Å²) in [4.78, 5) is 11.1. The van der Waals surface area contributed by atoms with E-state index in [1.54, 1.807) is 7.05 Å². The number of aliphatic hydroxyl groups is 1. The summed E-state index contributed by atoms with van der Waals surface area (Å²) in [6, 6.07) is 0. The third-order valence-corrected chi connectivity index (χ3v) is 3.84. The summed E-state index contributed by atoms with van der Waals surface area (Å²) < 4.78 is 0. The van der Waals surface area contributed by atoms with Crippen LogP contribution in [-0.2, 0) is 4.79 Å². The van der Waals surface area contributed by atoms with Crippen molar-refractivity contribution in [2.45, 2.75) is 96.5 Å². The Kier molecular flexibility index (Phi) is 14.4. The minimum absolute atomic E-state index is 0.0689. The maximum atomic E-state index is 11.1. The van der Waals surface area contributed by atoms with E-state index >= 15 is 0 Å². The van der Waals surface area contributed by atoms with Crippen molar-refractivity contribution in [3.63, 3.8) is 0 Å². The number of unbranched alkanes of at least 4 members (excludes halogenated alkanes) is 10. The number of carbonyl (C=O) groups excluding carboxylic acids is 1. The molecule has 0 aliphatic heterocycles. The van der Waals surface area contributed by atoms with E-state index in [-0.39, 0.29) is 12.3 Å². The third-order valence-electron chi connectivity index (χ3n) is 3.84. The number of hydrogen-bond donors (Lipinski definition) is 2. The van der Waals surface area contributed by atoms with Gasteiger partial charge in [0.25, 0.3) is 0 Å². The molecule has 0 aliphatic rings. The molecule has 0 radical (unpaired) electrons. The molecule has 120 valence electrons. The number of rotatable bonds is 14. The fraction of sp³-hybridized carbons (Fsp3) is 0.941. The predicted octanol–water partition coefficient (Wildman–Crippen LogP) is 4.18. The van der Waals surface area contributed by atoms with Crippen LogP contribution in [0.4, 0.5) is 0 Å². The van der Waals surface area contributed by atoms with Crippen LogP contribution >= 0.6 is 0 Å². The molecule has 0 saturated heterocycles. The summed E-state index contributed by atoms with van der Waals surface area (Å²) in [5.74, 6) is -0.0689. The van der Waals surface area contributed by atoms with Crippen LogP contribution in [0.1, 0.15) is 90.4 Å². The van der Waals surface area contributed by atoms with E-state index in [1.165, 1.54) is 64.2 Å². The zero-order valence-electron chi connectivity index (χ0n) is 13.6. The van der Waals surface area contributed by atoms with Gasteiger partial charge in [0.2, 0.25) is 5.91 Å². The Labute approximate surface area is 125 Å². The van der Waals surface area contributed by atoms with Crippen molar-refractivity contribution in [2.75, 3.05) is 7.05 Å². The van der Waals surface area contributed by atoms with Crippen molar-refractivity contribution in [1.29, 1.82) is 0 Å². The van der Waals surface area contributed by atoms with Crippen molar-refractivity contribution in [3.05, 3.63) is 0 Å². The van der Waals surface area contributed by atoms with Crippen molar-refractivity contribution in [3.8, 4) is 0 Å². The van der Waals surface area contributed by atoms with E-state index in [9.17, 15) is 9.90 Å². The first-order valence-corrected chi connectivity index (χ1v) is 8.59. The molecule has 0 aliphatic carbocycles. The Morgan fingerprint density at radius 3 is 1.80 bits per heavy atom. The molecule has 3 heteroatoms. The van der Waals surface area contributed by atoms with Gasteiger partial charge in [0.05, 0.1) is 12.5 Å². The van der Waals surface area contributed by atoms with Gasteiger partial charge in [0.1, 0.15) is 0 Å². The highest BCUT2D eigenvalue weighted by atomic mass is 16.3. The molecule has 0 fully saturated rings. The van der Waals surface area contributed by atoms with Gasteiger partial charge in [-0.15, -0.1) is 0 Å². The molecule has 0 heterocycles. The molecule has 0 rings (SSSR count). The lowest BCUT2D eigenvalue weighted by Crippen LogP contribution is -2.23. The van der Waals surface area contributed by atoms with E-state index in [0.717, 1.165) is 12.8 Å². The fourth-order valence-electron chi connectivity index (χ4n) is 2.46.